The summed E-state index contributed by atoms with van der Waals surface area (Å²) in [6.07, 6.45) is 3.50. The van der Waals surface area contributed by atoms with Crippen LogP contribution < -0.4 is 5.32 Å². The van der Waals surface area contributed by atoms with Crippen LogP contribution in [-0.4, -0.2) is 15.0 Å². The Labute approximate surface area is 109 Å². The van der Waals surface area contributed by atoms with Gasteiger partial charge in [0.15, 0.2) is 0 Å². The van der Waals surface area contributed by atoms with Gasteiger partial charge in [-0.25, -0.2) is 9.97 Å². The number of imidazole rings is 1. The number of hydrogen-bond donors (Lipinski definition) is 2. The van der Waals surface area contributed by atoms with Crippen LogP contribution in [0.1, 0.15) is 5.69 Å². The number of nitrogens with zero attached hydrogens (tertiary/aromatic N) is 2. The molecule has 1 aromatic carbocycles. The molecular formula is C13H12N4S. The third-order valence-electron chi connectivity index (χ3n) is 2.65. The van der Waals surface area contributed by atoms with Gasteiger partial charge in [-0.2, -0.15) is 0 Å². The van der Waals surface area contributed by atoms with Crippen LogP contribution in [0, 0.1) is 0 Å². The highest BCUT2D eigenvalue weighted by molar-refractivity contribution is 7.07. The SMILES string of the molecule is c1ncc(-c2ccc(NCc3cscn3)cc2)[nH]1. The zero-order valence-corrected chi connectivity index (χ0v) is 10.4. The van der Waals surface area contributed by atoms with Gasteiger partial charge in [0.25, 0.3) is 0 Å². The molecule has 0 bridgehead atoms. The van der Waals surface area contributed by atoms with E-state index in [0.29, 0.717) is 0 Å². The minimum Gasteiger partial charge on any atom is -0.379 e. The van der Waals surface area contributed by atoms with E-state index in [4.69, 9.17) is 0 Å². The number of aromatic amines is 1. The molecule has 0 saturated carbocycles. The summed E-state index contributed by atoms with van der Waals surface area (Å²) < 4.78 is 0. The first-order valence-corrected chi connectivity index (χ1v) is 6.56. The van der Waals surface area contributed by atoms with Gasteiger partial charge in [0, 0.05) is 11.1 Å². The van der Waals surface area contributed by atoms with Gasteiger partial charge in [-0.1, -0.05) is 12.1 Å². The molecule has 0 saturated heterocycles. The van der Waals surface area contributed by atoms with E-state index in [1.165, 1.54) is 0 Å². The van der Waals surface area contributed by atoms with Crippen molar-refractivity contribution >= 4 is 17.0 Å². The van der Waals surface area contributed by atoms with Crippen LogP contribution in [0.5, 0.6) is 0 Å². The second-order valence-corrected chi connectivity index (χ2v) is 4.59. The monoisotopic (exact) mass is 256 g/mol. The molecule has 18 heavy (non-hydrogen) atoms. The summed E-state index contributed by atoms with van der Waals surface area (Å²) >= 11 is 1.61. The van der Waals surface area contributed by atoms with E-state index in [-0.39, 0.29) is 0 Å². The van der Waals surface area contributed by atoms with Gasteiger partial charge in [-0.05, 0) is 17.7 Å². The zero-order chi connectivity index (χ0) is 12.2. The molecule has 2 heterocycles. The van der Waals surface area contributed by atoms with Crippen LogP contribution in [0.15, 0.2) is 47.7 Å². The van der Waals surface area contributed by atoms with E-state index < -0.39 is 0 Å². The molecule has 2 N–H and O–H groups in total. The summed E-state index contributed by atoms with van der Waals surface area (Å²) in [6, 6.07) is 8.25. The highest BCUT2D eigenvalue weighted by atomic mass is 32.1. The van der Waals surface area contributed by atoms with E-state index in [1.54, 1.807) is 17.7 Å². The van der Waals surface area contributed by atoms with Gasteiger partial charge in [-0.3, -0.25) is 0 Å². The number of anilines is 1. The Morgan fingerprint density at radius 3 is 2.78 bits per heavy atom. The molecule has 0 amide bonds. The van der Waals surface area contributed by atoms with Crippen molar-refractivity contribution in [1.82, 2.24) is 15.0 Å². The molecule has 90 valence electrons. The van der Waals surface area contributed by atoms with Crippen molar-refractivity contribution in [3.63, 3.8) is 0 Å². The van der Waals surface area contributed by atoms with Crippen LogP contribution >= 0.6 is 11.3 Å². The maximum Gasteiger partial charge on any atom is 0.0924 e. The molecule has 3 rings (SSSR count). The molecule has 0 aliphatic heterocycles. The number of aromatic nitrogens is 3. The van der Waals surface area contributed by atoms with Crippen LogP contribution in [0.3, 0.4) is 0 Å². The molecule has 5 heteroatoms. The fourth-order valence-electron chi connectivity index (χ4n) is 1.70. The summed E-state index contributed by atoms with van der Waals surface area (Å²) in [5.74, 6) is 0. The number of nitrogens with one attached hydrogen (secondary N) is 2. The first-order chi connectivity index (χ1) is 8.92. The fourth-order valence-corrected chi connectivity index (χ4v) is 2.26. The smallest absolute Gasteiger partial charge is 0.0924 e. The minimum atomic E-state index is 0.757. The lowest BCUT2D eigenvalue weighted by Crippen LogP contribution is -1.99. The highest BCUT2D eigenvalue weighted by Crippen LogP contribution is 2.19. The number of H-pyrrole nitrogens is 1. The molecular weight excluding hydrogens is 244 g/mol. The van der Waals surface area contributed by atoms with Crippen molar-refractivity contribution in [3.8, 4) is 11.3 Å². The maximum absolute atomic E-state index is 4.23. The Morgan fingerprint density at radius 2 is 2.11 bits per heavy atom. The molecule has 0 atom stereocenters. The molecule has 0 unspecified atom stereocenters. The van der Waals surface area contributed by atoms with Gasteiger partial charge in [0.2, 0.25) is 0 Å². The van der Waals surface area contributed by atoms with Crippen molar-refractivity contribution in [2.24, 2.45) is 0 Å². The first-order valence-electron chi connectivity index (χ1n) is 5.61. The molecule has 0 spiro atoms. The molecule has 0 radical (unpaired) electrons. The van der Waals surface area contributed by atoms with Crippen LogP contribution in [0.25, 0.3) is 11.3 Å². The second-order valence-electron chi connectivity index (χ2n) is 3.88. The normalized spacial score (nSPS) is 10.4. The predicted octanol–water partition coefficient (Wildman–Crippen LogP) is 3.15. The van der Waals surface area contributed by atoms with E-state index in [0.717, 1.165) is 29.2 Å². The van der Waals surface area contributed by atoms with E-state index in [9.17, 15) is 0 Å². The number of hydrogen-bond acceptors (Lipinski definition) is 4. The lowest BCUT2D eigenvalue weighted by molar-refractivity contribution is 1.07. The molecule has 2 aromatic heterocycles. The quantitative estimate of drug-likeness (QED) is 0.754. The van der Waals surface area contributed by atoms with E-state index in [2.05, 4.69) is 44.5 Å². The lowest BCUT2D eigenvalue weighted by atomic mass is 10.1. The summed E-state index contributed by atoms with van der Waals surface area (Å²) in [5.41, 5.74) is 6.16. The minimum absolute atomic E-state index is 0.757. The van der Waals surface area contributed by atoms with Gasteiger partial charge in [0.1, 0.15) is 0 Å². The number of thiazole rings is 1. The Hall–Kier alpha value is -2.14. The predicted molar refractivity (Wildman–Crippen MR) is 73.5 cm³/mol. The third-order valence-corrected chi connectivity index (χ3v) is 3.29. The molecule has 0 aliphatic carbocycles. The highest BCUT2D eigenvalue weighted by Gasteiger charge is 1.99. The maximum atomic E-state index is 4.23. The Bertz CT molecular complexity index is 584. The molecule has 0 aliphatic rings. The number of benzene rings is 1. The average molecular weight is 256 g/mol. The van der Waals surface area contributed by atoms with Gasteiger partial charge >= 0.3 is 0 Å². The summed E-state index contributed by atoms with van der Waals surface area (Å²) in [5, 5.41) is 5.39. The van der Waals surface area contributed by atoms with Crippen LogP contribution in [0.2, 0.25) is 0 Å². The van der Waals surface area contributed by atoms with Gasteiger partial charge in [-0.15, -0.1) is 11.3 Å². The lowest BCUT2D eigenvalue weighted by Gasteiger charge is -2.05. The van der Waals surface area contributed by atoms with Crippen LogP contribution in [-0.2, 0) is 6.54 Å². The Balaban J connectivity index is 1.68. The standard InChI is InChI=1S/C13H12N4S/c1-3-11(15-5-12-7-18-9-17-12)4-2-10(1)13-6-14-8-16-13/h1-4,6-9,15H,5H2,(H,14,16). The molecule has 3 aromatic rings. The topological polar surface area (TPSA) is 53.6 Å². The summed E-state index contributed by atoms with van der Waals surface area (Å²) in [6.45, 7) is 0.757. The first kappa shape index (κ1) is 11.0. The van der Waals surface area contributed by atoms with Crippen molar-refractivity contribution in [1.29, 1.82) is 0 Å². The molecule has 0 fully saturated rings. The third kappa shape index (κ3) is 2.41. The molecule has 4 nitrogen and oxygen atoms in total. The largest absolute Gasteiger partial charge is 0.379 e. The van der Waals surface area contributed by atoms with Crippen molar-refractivity contribution in [2.75, 3.05) is 5.32 Å². The van der Waals surface area contributed by atoms with E-state index in [1.807, 2.05) is 17.1 Å². The summed E-state index contributed by atoms with van der Waals surface area (Å²) in [7, 11) is 0. The average Bonchev–Trinajstić information content (AvgIpc) is 3.10. The Morgan fingerprint density at radius 1 is 1.22 bits per heavy atom. The number of rotatable bonds is 4. The zero-order valence-electron chi connectivity index (χ0n) is 9.63. The fraction of sp³-hybridized carbons (Fsp3) is 0.0769. The summed E-state index contributed by atoms with van der Waals surface area (Å²) in [4.78, 5) is 11.3. The van der Waals surface area contributed by atoms with Crippen molar-refractivity contribution < 1.29 is 0 Å². The van der Waals surface area contributed by atoms with Crippen molar-refractivity contribution in [2.45, 2.75) is 6.54 Å². The van der Waals surface area contributed by atoms with Crippen molar-refractivity contribution in [3.05, 3.63) is 53.4 Å². The Kier molecular flexibility index (Phi) is 3.06. The van der Waals surface area contributed by atoms with Crippen LogP contribution in [0.4, 0.5) is 5.69 Å². The second kappa shape index (κ2) is 5.01. The van der Waals surface area contributed by atoms with E-state index >= 15 is 0 Å². The van der Waals surface area contributed by atoms with Gasteiger partial charge in [0.05, 0.1) is 36.0 Å². The van der Waals surface area contributed by atoms with Gasteiger partial charge < -0.3 is 10.3 Å².